The summed E-state index contributed by atoms with van der Waals surface area (Å²) < 4.78 is 10.7. The Labute approximate surface area is 158 Å². The molecule has 0 radical (unpaired) electrons. The molecule has 8 N–H and O–H groups in total. The summed E-state index contributed by atoms with van der Waals surface area (Å²) in [7, 11) is 1.76. The zero-order chi connectivity index (χ0) is 20.6. The molecule has 0 bridgehead atoms. The van der Waals surface area contributed by atoms with Crippen LogP contribution in [0.15, 0.2) is 0 Å². The van der Waals surface area contributed by atoms with Crippen LogP contribution in [0.25, 0.3) is 0 Å². The summed E-state index contributed by atoms with van der Waals surface area (Å²) >= 11 is 0. The molecule has 3 unspecified atom stereocenters. The van der Waals surface area contributed by atoms with E-state index in [9.17, 15) is 24.9 Å². The first-order chi connectivity index (χ1) is 12.8. The number of ether oxygens (including phenoxy) is 2. The molecule has 1 fully saturated rings. The van der Waals surface area contributed by atoms with Crippen molar-refractivity contribution in [2.75, 3.05) is 33.3 Å². The maximum atomic E-state index is 12.3. The first-order valence-electron chi connectivity index (χ1n) is 8.97. The van der Waals surface area contributed by atoms with Crippen molar-refractivity contribution in [1.82, 2.24) is 16.0 Å². The molecule has 0 aromatic rings. The highest BCUT2D eigenvalue weighted by molar-refractivity contribution is 5.88. The van der Waals surface area contributed by atoms with Gasteiger partial charge in [-0.15, -0.1) is 0 Å². The molecular formula is C16H32N4O7. The van der Waals surface area contributed by atoms with Gasteiger partial charge in [0.2, 0.25) is 11.8 Å². The number of hydrogen-bond acceptors (Lipinski definition) is 9. The van der Waals surface area contributed by atoms with Crippen LogP contribution in [0.2, 0.25) is 0 Å². The third kappa shape index (κ3) is 6.64. The number of nitrogens with two attached hydrogens (primary N) is 1. The molecule has 0 aromatic heterocycles. The Bertz CT molecular complexity index is 482. The van der Waals surface area contributed by atoms with Crippen molar-refractivity contribution in [3.05, 3.63) is 0 Å². The fourth-order valence-electron chi connectivity index (χ4n) is 2.73. The molecule has 2 amide bonds. The lowest BCUT2D eigenvalue weighted by Crippen LogP contribution is -2.60. The summed E-state index contributed by atoms with van der Waals surface area (Å²) in [4.78, 5) is 24.2. The minimum Gasteiger partial charge on any atom is -0.394 e. The van der Waals surface area contributed by atoms with E-state index in [0.717, 1.165) is 0 Å². The third-order valence-corrected chi connectivity index (χ3v) is 4.43. The van der Waals surface area contributed by atoms with E-state index in [1.807, 2.05) is 0 Å². The van der Waals surface area contributed by atoms with Crippen molar-refractivity contribution in [2.45, 2.75) is 50.6 Å². The van der Waals surface area contributed by atoms with E-state index in [4.69, 9.17) is 15.2 Å². The molecule has 0 saturated carbocycles. The highest BCUT2D eigenvalue weighted by atomic mass is 16.6. The van der Waals surface area contributed by atoms with Crippen LogP contribution in [0.3, 0.4) is 0 Å². The van der Waals surface area contributed by atoms with Crippen molar-refractivity contribution >= 4 is 11.8 Å². The van der Waals surface area contributed by atoms with E-state index >= 15 is 0 Å². The molecule has 158 valence electrons. The van der Waals surface area contributed by atoms with Crippen LogP contribution in [-0.2, 0) is 19.1 Å². The summed E-state index contributed by atoms with van der Waals surface area (Å²) in [5.74, 6) is -1.68. The minimum absolute atomic E-state index is 0.0559. The van der Waals surface area contributed by atoms with Crippen LogP contribution in [0, 0.1) is 5.92 Å². The number of aliphatic hydroxyl groups is 3. The lowest BCUT2D eigenvalue weighted by molar-refractivity contribution is -0.280. The molecule has 0 spiro atoms. The fourth-order valence-corrected chi connectivity index (χ4v) is 2.73. The number of rotatable bonds is 10. The van der Waals surface area contributed by atoms with Crippen molar-refractivity contribution in [1.29, 1.82) is 0 Å². The van der Waals surface area contributed by atoms with Crippen LogP contribution in [0.5, 0.6) is 0 Å². The van der Waals surface area contributed by atoms with Gasteiger partial charge in [0.15, 0.2) is 6.29 Å². The molecule has 11 heteroatoms. The molecular weight excluding hydrogens is 360 g/mol. The number of aliphatic hydroxyl groups excluding tert-OH is 3. The summed E-state index contributed by atoms with van der Waals surface area (Å²) in [6.45, 7) is 3.43. The van der Waals surface area contributed by atoms with Gasteiger partial charge in [-0.05, 0) is 20.9 Å². The minimum atomic E-state index is -1.34. The van der Waals surface area contributed by atoms with Gasteiger partial charge in [-0.1, -0.05) is 0 Å². The molecule has 1 aliphatic heterocycles. The van der Waals surface area contributed by atoms with Gasteiger partial charge in [-0.3, -0.25) is 9.59 Å². The quantitative estimate of drug-likeness (QED) is 0.184. The summed E-state index contributed by atoms with van der Waals surface area (Å²) in [5, 5.41) is 37.6. The molecule has 0 aromatic carbocycles. The van der Waals surface area contributed by atoms with Crippen molar-refractivity contribution in [2.24, 2.45) is 11.7 Å². The normalized spacial score (nSPS) is 30.4. The standard InChI is InChI=1S/C16H32N4O7/c1-8(14(23)19-5-4-18-3)20-15(24)9(2)26-13-10(6-17)16(25)27-11(7-21)12(13)22/h8-13,16,18,21-22,25H,4-7,17H2,1-3H3,(H,19,23)(H,20,24)/t8-,9+,10-,11?,12?,13+,16?/m0/s1. The van der Waals surface area contributed by atoms with Gasteiger partial charge in [0.25, 0.3) is 0 Å². The Hall–Kier alpha value is -1.34. The van der Waals surface area contributed by atoms with Crippen LogP contribution in [0.1, 0.15) is 13.8 Å². The van der Waals surface area contributed by atoms with Crippen LogP contribution in [0.4, 0.5) is 0 Å². The summed E-state index contributed by atoms with van der Waals surface area (Å²) in [5.41, 5.74) is 5.61. The summed E-state index contributed by atoms with van der Waals surface area (Å²) in [6, 6.07) is -0.777. The Morgan fingerprint density at radius 2 is 1.89 bits per heavy atom. The maximum absolute atomic E-state index is 12.3. The van der Waals surface area contributed by atoms with Gasteiger partial charge < -0.3 is 46.5 Å². The second-order valence-corrected chi connectivity index (χ2v) is 6.51. The average Bonchev–Trinajstić information content (AvgIpc) is 2.64. The molecule has 11 nitrogen and oxygen atoms in total. The predicted molar refractivity (Wildman–Crippen MR) is 95.4 cm³/mol. The highest BCUT2D eigenvalue weighted by Gasteiger charge is 2.45. The molecule has 1 rings (SSSR count). The van der Waals surface area contributed by atoms with Crippen molar-refractivity contribution in [3.8, 4) is 0 Å². The number of hydrogen-bond donors (Lipinski definition) is 7. The number of amides is 2. The first-order valence-corrected chi connectivity index (χ1v) is 8.97. The van der Waals surface area contributed by atoms with Crippen molar-refractivity contribution < 1.29 is 34.4 Å². The van der Waals surface area contributed by atoms with Crippen molar-refractivity contribution in [3.63, 3.8) is 0 Å². The third-order valence-electron chi connectivity index (χ3n) is 4.43. The van der Waals surface area contributed by atoms with E-state index in [0.29, 0.717) is 13.1 Å². The Balaban J connectivity index is 2.64. The SMILES string of the molecule is CNCCNC(=O)[C@H](C)NC(=O)[C@@H](C)O[C@H]1C(O)C(CO)OC(O)[C@H]1CN. The second-order valence-electron chi connectivity index (χ2n) is 6.51. The van der Waals surface area contributed by atoms with Crippen LogP contribution < -0.4 is 21.7 Å². The number of carbonyl (C=O) groups excluding carboxylic acids is 2. The van der Waals surface area contributed by atoms with E-state index in [1.54, 1.807) is 7.05 Å². The van der Waals surface area contributed by atoms with Gasteiger partial charge in [0.05, 0.1) is 18.6 Å². The van der Waals surface area contributed by atoms with Gasteiger partial charge in [-0.25, -0.2) is 0 Å². The summed E-state index contributed by atoms with van der Waals surface area (Å²) in [6.07, 6.45) is -5.72. The van der Waals surface area contributed by atoms with Crippen LogP contribution >= 0.6 is 0 Å². The lowest BCUT2D eigenvalue weighted by Gasteiger charge is -2.42. The van der Waals surface area contributed by atoms with E-state index in [1.165, 1.54) is 13.8 Å². The zero-order valence-corrected chi connectivity index (χ0v) is 15.9. The van der Waals surface area contributed by atoms with Crippen LogP contribution in [-0.4, -0.2) is 97.2 Å². The second kappa shape index (κ2) is 11.5. The van der Waals surface area contributed by atoms with Gasteiger partial charge in [-0.2, -0.15) is 0 Å². The van der Waals surface area contributed by atoms with E-state index in [-0.39, 0.29) is 12.5 Å². The van der Waals surface area contributed by atoms with Gasteiger partial charge in [0.1, 0.15) is 24.4 Å². The topological polar surface area (TPSA) is 175 Å². The Kier molecular flexibility index (Phi) is 10.1. The molecule has 0 aliphatic carbocycles. The predicted octanol–water partition coefficient (Wildman–Crippen LogP) is -3.75. The first kappa shape index (κ1) is 23.7. The Morgan fingerprint density at radius 1 is 1.22 bits per heavy atom. The zero-order valence-electron chi connectivity index (χ0n) is 15.9. The Morgan fingerprint density at radius 3 is 2.44 bits per heavy atom. The number of likely N-dealkylation sites (N-methyl/N-ethyl adjacent to an activating group) is 1. The molecule has 27 heavy (non-hydrogen) atoms. The van der Waals surface area contributed by atoms with E-state index in [2.05, 4.69) is 16.0 Å². The average molecular weight is 392 g/mol. The number of carbonyl (C=O) groups is 2. The molecule has 7 atom stereocenters. The smallest absolute Gasteiger partial charge is 0.249 e. The molecule has 1 saturated heterocycles. The molecule has 1 heterocycles. The van der Waals surface area contributed by atoms with Gasteiger partial charge in [0, 0.05) is 19.6 Å². The molecule has 1 aliphatic rings. The largest absolute Gasteiger partial charge is 0.394 e. The fraction of sp³-hybridized carbons (Fsp3) is 0.875. The number of nitrogens with one attached hydrogen (secondary N) is 3. The maximum Gasteiger partial charge on any atom is 0.249 e. The monoisotopic (exact) mass is 392 g/mol. The van der Waals surface area contributed by atoms with E-state index < -0.39 is 55.2 Å². The lowest BCUT2D eigenvalue weighted by atomic mass is 9.90. The highest BCUT2D eigenvalue weighted by Crippen LogP contribution is 2.27. The van der Waals surface area contributed by atoms with Gasteiger partial charge >= 0.3 is 0 Å².